The molecule has 0 unspecified atom stereocenters. The highest BCUT2D eigenvalue weighted by Gasteiger charge is 2.36. The Morgan fingerprint density at radius 3 is 2.70 bits per heavy atom. The fourth-order valence-corrected chi connectivity index (χ4v) is 4.47. The standard InChI is InChI=1S/C22H27NO4/c1-12-7-5-6-8-14(12)23-21(25)20-13(2)18-16(26-20)9-10-17-19(18)15(24)11-22(3,4)27-17/h9-10,12,14H,5-8,11H2,1-4H3,(H,23,25)/t12-,14+/m0/s1. The monoisotopic (exact) mass is 369 g/mol. The second kappa shape index (κ2) is 6.39. The Kier molecular flexibility index (Phi) is 4.28. The van der Waals surface area contributed by atoms with E-state index in [0.29, 0.717) is 45.9 Å². The number of carbonyl (C=O) groups is 2. The highest BCUT2D eigenvalue weighted by atomic mass is 16.5. The molecule has 27 heavy (non-hydrogen) atoms. The number of ketones is 1. The van der Waals surface area contributed by atoms with Crippen molar-refractivity contribution in [3.63, 3.8) is 0 Å². The van der Waals surface area contributed by atoms with Gasteiger partial charge in [-0.25, -0.2) is 0 Å². The molecular weight excluding hydrogens is 342 g/mol. The minimum Gasteiger partial charge on any atom is -0.487 e. The molecular formula is C22H27NO4. The van der Waals surface area contributed by atoms with E-state index in [2.05, 4.69) is 12.2 Å². The Bertz CT molecular complexity index is 924. The zero-order valence-corrected chi connectivity index (χ0v) is 16.5. The molecule has 2 heterocycles. The topological polar surface area (TPSA) is 68.5 Å². The molecule has 2 aliphatic rings. The van der Waals surface area contributed by atoms with E-state index in [9.17, 15) is 9.59 Å². The molecule has 1 saturated carbocycles. The largest absolute Gasteiger partial charge is 0.487 e. The molecule has 0 radical (unpaired) electrons. The first-order valence-corrected chi connectivity index (χ1v) is 9.86. The van der Waals surface area contributed by atoms with Gasteiger partial charge >= 0.3 is 0 Å². The van der Waals surface area contributed by atoms with Crippen LogP contribution in [0.4, 0.5) is 0 Å². The lowest BCUT2D eigenvalue weighted by Crippen LogP contribution is -2.41. The van der Waals surface area contributed by atoms with E-state index in [-0.39, 0.29) is 17.7 Å². The van der Waals surface area contributed by atoms with Crippen LogP contribution in [0.5, 0.6) is 5.75 Å². The molecule has 144 valence electrons. The van der Waals surface area contributed by atoms with Gasteiger partial charge in [-0.1, -0.05) is 19.8 Å². The molecule has 1 aromatic heterocycles. The molecule has 1 amide bonds. The van der Waals surface area contributed by atoms with Crippen molar-refractivity contribution in [2.45, 2.75) is 71.4 Å². The van der Waals surface area contributed by atoms with Crippen LogP contribution >= 0.6 is 0 Å². The third-order valence-corrected chi connectivity index (χ3v) is 5.94. The first kappa shape index (κ1) is 18.1. The van der Waals surface area contributed by atoms with Crippen molar-refractivity contribution in [3.05, 3.63) is 29.0 Å². The summed E-state index contributed by atoms with van der Waals surface area (Å²) in [5.74, 6) is 1.18. The number of benzene rings is 1. The van der Waals surface area contributed by atoms with Crippen molar-refractivity contribution in [2.24, 2.45) is 5.92 Å². The summed E-state index contributed by atoms with van der Waals surface area (Å²) in [5.41, 5.74) is 1.29. The Morgan fingerprint density at radius 1 is 1.22 bits per heavy atom. The fourth-order valence-electron chi connectivity index (χ4n) is 4.47. The predicted molar refractivity (Wildman–Crippen MR) is 103 cm³/mol. The number of hydrogen-bond donors (Lipinski definition) is 1. The first-order valence-electron chi connectivity index (χ1n) is 9.86. The molecule has 1 N–H and O–H groups in total. The van der Waals surface area contributed by atoms with Crippen LogP contribution in [0.3, 0.4) is 0 Å². The van der Waals surface area contributed by atoms with Gasteiger partial charge in [-0.3, -0.25) is 9.59 Å². The third-order valence-electron chi connectivity index (χ3n) is 5.94. The van der Waals surface area contributed by atoms with Crippen molar-refractivity contribution < 1.29 is 18.7 Å². The molecule has 2 aromatic rings. The molecule has 5 heteroatoms. The van der Waals surface area contributed by atoms with Gasteiger partial charge in [0.15, 0.2) is 11.5 Å². The number of carbonyl (C=O) groups excluding carboxylic acids is 2. The second-order valence-electron chi connectivity index (χ2n) is 8.67. The second-order valence-corrected chi connectivity index (χ2v) is 8.67. The van der Waals surface area contributed by atoms with Crippen molar-refractivity contribution in [2.75, 3.05) is 0 Å². The minimum atomic E-state index is -0.521. The van der Waals surface area contributed by atoms with Gasteiger partial charge in [0, 0.05) is 17.0 Å². The predicted octanol–water partition coefficient (Wildman–Crippen LogP) is 4.79. The molecule has 0 bridgehead atoms. The quantitative estimate of drug-likeness (QED) is 0.826. The van der Waals surface area contributed by atoms with Crippen LogP contribution in [-0.2, 0) is 0 Å². The number of amides is 1. The average Bonchev–Trinajstić information content (AvgIpc) is 2.92. The zero-order chi connectivity index (χ0) is 19.3. The van der Waals surface area contributed by atoms with Crippen molar-refractivity contribution in [3.8, 4) is 5.75 Å². The summed E-state index contributed by atoms with van der Waals surface area (Å²) in [6.45, 7) is 7.84. The number of nitrogens with one attached hydrogen (secondary N) is 1. The molecule has 1 fully saturated rings. The number of ether oxygens (including phenoxy) is 1. The Labute approximate surface area is 159 Å². The lowest BCUT2D eigenvalue weighted by atomic mass is 9.86. The van der Waals surface area contributed by atoms with E-state index in [0.717, 1.165) is 19.3 Å². The normalized spacial score (nSPS) is 24.4. The highest BCUT2D eigenvalue weighted by molar-refractivity contribution is 6.13. The van der Waals surface area contributed by atoms with E-state index in [4.69, 9.17) is 9.15 Å². The Morgan fingerprint density at radius 2 is 1.96 bits per heavy atom. The van der Waals surface area contributed by atoms with Gasteiger partial charge in [0.05, 0.1) is 12.0 Å². The van der Waals surface area contributed by atoms with Crippen LogP contribution in [0.15, 0.2) is 16.5 Å². The maximum Gasteiger partial charge on any atom is 0.287 e. The Balaban J connectivity index is 1.72. The van der Waals surface area contributed by atoms with Gasteiger partial charge in [-0.2, -0.15) is 0 Å². The van der Waals surface area contributed by atoms with Crippen molar-refractivity contribution >= 4 is 22.7 Å². The summed E-state index contributed by atoms with van der Waals surface area (Å²) in [4.78, 5) is 25.7. The Hall–Kier alpha value is -2.30. The number of hydrogen-bond acceptors (Lipinski definition) is 4. The molecule has 0 spiro atoms. The van der Waals surface area contributed by atoms with E-state index in [1.165, 1.54) is 6.42 Å². The molecule has 1 aliphatic heterocycles. The lowest BCUT2D eigenvalue weighted by Gasteiger charge is -2.31. The molecule has 0 saturated heterocycles. The molecule has 4 rings (SSSR count). The number of Topliss-reactive ketones (excluding diaryl/α,β-unsaturated/α-hetero) is 1. The minimum absolute atomic E-state index is 0.0311. The number of aryl methyl sites for hydroxylation is 1. The summed E-state index contributed by atoms with van der Waals surface area (Å²) >= 11 is 0. The number of rotatable bonds is 2. The SMILES string of the molecule is Cc1c(C(=O)N[C@@H]2CCCC[C@@H]2C)oc2ccc3c(c12)C(=O)CC(C)(C)O3. The summed E-state index contributed by atoms with van der Waals surface area (Å²) in [6, 6.07) is 3.73. The van der Waals surface area contributed by atoms with E-state index in [1.807, 2.05) is 20.8 Å². The summed E-state index contributed by atoms with van der Waals surface area (Å²) < 4.78 is 11.9. The fraction of sp³-hybridized carbons (Fsp3) is 0.545. The van der Waals surface area contributed by atoms with Gasteiger partial charge in [0.25, 0.3) is 5.91 Å². The van der Waals surface area contributed by atoms with E-state index in [1.54, 1.807) is 12.1 Å². The number of furan rings is 1. The zero-order valence-electron chi connectivity index (χ0n) is 16.5. The van der Waals surface area contributed by atoms with E-state index < -0.39 is 5.60 Å². The number of fused-ring (bicyclic) bond motifs is 3. The van der Waals surface area contributed by atoms with Crippen LogP contribution in [-0.4, -0.2) is 23.3 Å². The van der Waals surface area contributed by atoms with Gasteiger partial charge in [-0.05, 0) is 51.7 Å². The summed E-state index contributed by atoms with van der Waals surface area (Å²) in [5, 5.41) is 3.85. The van der Waals surface area contributed by atoms with Crippen LogP contribution in [0, 0.1) is 12.8 Å². The molecule has 1 aliphatic carbocycles. The maximum absolute atomic E-state index is 12.9. The van der Waals surface area contributed by atoms with Gasteiger partial charge < -0.3 is 14.5 Å². The van der Waals surface area contributed by atoms with Gasteiger partial charge in [0.1, 0.15) is 16.9 Å². The smallest absolute Gasteiger partial charge is 0.287 e. The van der Waals surface area contributed by atoms with Crippen LogP contribution in [0.2, 0.25) is 0 Å². The third kappa shape index (κ3) is 3.13. The van der Waals surface area contributed by atoms with E-state index >= 15 is 0 Å². The molecule has 2 atom stereocenters. The van der Waals surface area contributed by atoms with Gasteiger partial charge in [0.2, 0.25) is 0 Å². The lowest BCUT2D eigenvalue weighted by molar-refractivity contribution is 0.0623. The van der Waals surface area contributed by atoms with Gasteiger partial charge in [-0.15, -0.1) is 0 Å². The van der Waals surface area contributed by atoms with Crippen LogP contribution in [0.1, 0.15) is 79.4 Å². The van der Waals surface area contributed by atoms with Crippen molar-refractivity contribution in [1.29, 1.82) is 0 Å². The average molecular weight is 369 g/mol. The van der Waals surface area contributed by atoms with Crippen LogP contribution < -0.4 is 10.1 Å². The highest BCUT2D eigenvalue weighted by Crippen LogP contribution is 2.40. The first-order chi connectivity index (χ1) is 12.8. The van der Waals surface area contributed by atoms with Crippen molar-refractivity contribution in [1.82, 2.24) is 5.32 Å². The van der Waals surface area contributed by atoms with Crippen LogP contribution in [0.25, 0.3) is 11.0 Å². The summed E-state index contributed by atoms with van der Waals surface area (Å²) in [6.07, 6.45) is 4.82. The molecule has 5 nitrogen and oxygen atoms in total. The molecule has 1 aromatic carbocycles. The maximum atomic E-state index is 12.9. The summed E-state index contributed by atoms with van der Waals surface area (Å²) in [7, 11) is 0.